The molecule has 0 aliphatic heterocycles. The zero-order valence-electron chi connectivity index (χ0n) is 16.2. The van der Waals surface area contributed by atoms with Crippen LogP contribution in [0.15, 0.2) is 55.0 Å². The van der Waals surface area contributed by atoms with Gasteiger partial charge >= 0.3 is 0 Å². The van der Waals surface area contributed by atoms with Crippen molar-refractivity contribution in [3.05, 3.63) is 66.5 Å². The lowest BCUT2D eigenvalue weighted by atomic mass is 10.1. The maximum Gasteiger partial charge on any atom is 0.269 e. The van der Waals surface area contributed by atoms with Gasteiger partial charge in [-0.05, 0) is 30.3 Å². The van der Waals surface area contributed by atoms with Crippen molar-refractivity contribution in [3.63, 3.8) is 0 Å². The number of rotatable bonds is 5. The maximum absolute atomic E-state index is 12.9. The van der Waals surface area contributed by atoms with Gasteiger partial charge in [0.15, 0.2) is 0 Å². The monoisotopic (exact) mass is 416 g/mol. The second kappa shape index (κ2) is 7.48. The summed E-state index contributed by atoms with van der Waals surface area (Å²) in [6.07, 6.45) is 4.51. The highest BCUT2D eigenvalue weighted by Crippen LogP contribution is 2.29. The lowest BCUT2D eigenvalue weighted by molar-refractivity contribution is 0.0947. The van der Waals surface area contributed by atoms with Gasteiger partial charge in [-0.1, -0.05) is 6.07 Å². The summed E-state index contributed by atoms with van der Waals surface area (Å²) in [4.78, 5) is 20.4. The van der Waals surface area contributed by atoms with E-state index in [1.54, 1.807) is 10.9 Å². The van der Waals surface area contributed by atoms with Gasteiger partial charge in [0, 0.05) is 29.9 Å². The first-order chi connectivity index (χ1) is 15.1. The molecule has 154 valence electrons. The van der Waals surface area contributed by atoms with Crippen molar-refractivity contribution in [2.45, 2.75) is 6.54 Å². The van der Waals surface area contributed by atoms with Crippen LogP contribution in [0.5, 0.6) is 0 Å². The Morgan fingerprint density at radius 1 is 1.19 bits per heavy atom. The van der Waals surface area contributed by atoms with Crippen molar-refractivity contribution >= 4 is 33.5 Å². The van der Waals surface area contributed by atoms with E-state index < -0.39 is 5.82 Å². The normalized spacial score (nSPS) is 11.3. The molecule has 5 aromatic rings. The van der Waals surface area contributed by atoms with Gasteiger partial charge in [0.1, 0.15) is 22.8 Å². The predicted octanol–water partition coefficient (Wildman–Crippen LogP) is 2.52. The Bertz CT molecular complexity index is 1390. The minimum atomic E-state index is -0.491. The van der Waals surface area contributed by atoms with Crippen LogP contribution in [0.2, 0.25) is 0 Å². The van der Waals surface area contributed by atoms with Crippen molar-refractivity contribution in [1.29, 1.82) is 0 Å². The van der Waals surface area contributed by atoms with Crippen LogP contribution in [0.3, 0.4) is 0 Å². The molecule has 10 heteroatoms. The number of carbonyl (C=O) groups is 1. The van der Waals surface area contributed by atoms with Gasteiger partial charge in [0.05, 0.1) is 29.3 Å². The van der Waals surface area contributed by atoms with Gasteiger partial charge in [-0.25, -0.2) is 14.4 Å². The summed E-state index contributed by atoms with van der Waals surface area (Å²) in [6, 6.07) is 10.3. The first-order valence-electron chi connectivity index (χ1n) is 9.54. The number of anilines is 1. The smallest absolute Gasteiger partial charge is 0.269 e. The largest absolute Gasteiger partial charge is 0.383 e. The lowest BCUT2D eigenvalue weighted by Crippen LogP contribution is -2.28. The Labute approximate surface area is 175 Å². The number of fused-ring (bicyclic) bond motifs is 3. The number of nitrogens with zero attached hydrogens (tertiary/aromatic N) is 5. The van der Waals surface area contributed by atoms with E-state index >= 15 is 0 Å². The van der Waals surface area contributed by atoms with E-state index in [4.69, 9.17) is 5.73 Å². The highest BCUT2D eigenvalue weighted by molar-refractivity contribution is 6.08. The van der Waals surface area contributed by atoms with Gasteiger partial charge in [-0.15, -0.1) is 0 Å². The number of aromatic amines is 1. The molecule has 4 N–H and O–H groups in total. The average molecular weight is 416 g/mol. The molecule has 0 unspecified atom stereocenters. The fraction of sp³-hybridized carbons (Fsp3) is 0.0952. The summed E-state index contributed by atoms with van der Waals surface area (Å²) in [7, 11) is 0. The molecule has 0 radical (unpaired) electrons. The van der Waals surface area contributed by atoms with E-state index in [-0.39, 0.29) is 11.6 Å². The second-order valence-corrected chi connectivity index (χ2v) is 6.97. The number of nitrogens with one attached hydrogen (secondary N) is 2. The lowest BCUT2D eigenvalue weighted by Gasteiger charge is -2.04. The van der Waals surface area contributed by atoms with Crippen LogP contribution in [-0.4, -0.2) is 42.4 Å². The van der Waals surface area contributed by atoms with E-state index in [0.29, 0.717) is 18.9 Å². The molecule has 0 aliphatic carbocycles. The van der Waals surface area contributed by atoms with Crippen LogP contribution in [0.25, 0.3) is 33.1 Å². The number of nitrogens with two attached hydrogens (primary N) is 1. The van der Waals surface area contributed by atoms with E-state index in [2.05, 4.69) is 30.6 Å². The Hall–Kier alpha value is -4.34. The van der Waals surface area contributed by atoms with Crippen molar-refractivity contribution < 1.29 is 9.18 Å². The number of hydrogen-bond acceptors (Lipinski definition) is 6. The van der Waals surface area contributed by atoms with Crippen LogP contribution < -0.4 is 11.1 Å². The predicted molar refractivity (Wildman–Crippen MR) is 114 cm³/mol. The molecule has 4 heterocycles. The molecule has 0 bridgehead atoms. The van der Waals surface area contributed by atoms with Gasteiger partial charge in [0.2, 0.25) is 0 Å². The second-order valence-electron chi connectivity index (χ2n) is 6.97. The highest BCUT2D eigenvalue weighted by Gasteiger charge is 2.13. The number of hydrogen-bond donors (Lipinski definition) is 3. The Morgan fingerprint density at radius 3 is 2.87 bits per heavy atom. The number of pyridine rings is 2. The van der Waals surface area contributed by atoms with Crippen LogP contribution in [-0.2, 0) is 6.54 Å². The number of H-pyrrole nitrogens is 1. The standard InChI is InChI=1S/C21H17FN8O/c22-13-2-4-17(25-10-13)21(31)24-7-8-30-11-15-19(29-30)14-3-1-12(16-5-6-26-28-16)9-18(14)27-20(15)23/h1-6,9-11H,7-8H2,(H2,23,27)(H,24,31)(H,26,28). The Balaban J connectivity index is 1.37. The number of nitrogen functional groups attached to an aromatic ring is 1. The summed E-state index contributed by atoms with van der Waals surface area (Å²) in [5.41, 5.74) is 9.64. The Kier molecular flexibility index (Phi) is 4.51. The van der Waals surface area contributed by atoms with Crippen molar-refractivity contribution in [2.75, 3.05) is 12.3 Å². The van der Waals surface area contributed by atoms with Crippen molar-refractivity contribution in [3.8, 4) is 11.3 Å². The third-order valence-corrected chi connectivity index (χ3v) is 4.93. The van der Waals surface area contributed by atoms with Gasteiger partial charge in [-0.2, -0.15) is 10.2 Å². The highest BCUT2D eigenvalue weighted by atomic mass is 19.1. The molecule has 5 rings (SSSR count). The molecule has 1 aromatic carbocycles. The summed E-state index contributed by atoms with van der Waals surface area (Å²) in [5, 5.41) is 15.9. The summed E-state index contributed by atoms with van der Waals surface area (Å²) < 4.78 is 14.6. The van der Waals surface area contributed by atoms with E-state index in [1.807, 2.05) is 30.5 Å². The number of amides is 1. The zero-order valence-corrected chi connectivity index (χ0v) is 16.2. The van der Waals surface area contributed by atoms with E-state index in [0.717, 1.165) is 39.3 Å². The first-order valence-corrected chi connectivity index (χ1v) is 9.54. The Morgan fingerprint density at radius 2 is 2.10 bits per heavy atom. The van der Waals surface area contributed by atoms with E-state index in [1.165, 1.54) is 12.1 Å². The molecule has 1 amide bonds. The third-order valence-electron chi connectivity index (χ3n) is 4.93. The van der Waals surface area contributed by atoms with Crippen molar-refractivity contribution in [1.82, 2.24) is 35.3 Å². The van der Waals surface area contributed by atoms with Crippen LogP contribution >= 0.6 is 0 Å². The third kappa shape index (κ3) is 3.54. The molecule has 0 saturated carbocycles. The summed E-state index contributed by atoms with van der Waals surface area (Å²) >= 11 is 0. The minimum absolute atomic E-state index is 0.152. The molecular weight excluding hydrogens is 399 g/mol. The molecule has 0 aliphatic rings. The van der Waals surface area contributed by atoms with E-state index in [9.17, 15) is 9.18 Å². The maximum atomic E-state index is 12.9. The first kappa shape index (κ1) is 18.7. The number of aromatic nitrogens is 6. The van der Waals surface area contributed by atoms with Crippen LogP contribution in [0, 0.1) is 5.82 Å². The van der Waals surface area contributed by atoms with Gasteiger partial charge in [0.25, 0.3) is 5.91 Å². The van der Waals surface area contributed by atoms with Crippen LogP contribution in [0.4, 0.5) is 10.2 Å². The fourth-order valence-corrected chi connectivity index (χ4v) is 3.41. The molecule has 0 spiro atoms. The molecule has 4 aromatic heterocycles. The summed E-state index contributed by atoms with van der Waals surface area (Å²) in [5.74, 6) is -0.486. The fourth-order valence-electron chi connectivity index (χ4n) is 3.41. The quantitative estimate of drug-likeness (QED) is 0.404. The van der Waals surface area contributed by atoms with Crippen molar-refractivity contribution in [2.24, 2.45) is 0 Å². The van der Waals surface area contributed by atoms with Gasteiger partial charge in [-0.3, -0.25) is 14.6 Å². The molecule has 9 nitrogen and oxygen atoms in total. The zero-order chi connectivity index (χ0) is 21.4. The van der Waals surface area contributed by atoms with Gasteiger partial charge < -0.3 is 11.1 Å². The molecule has 0 saturated heterocycles. The minimum Gasteiger partial charge on any atom is -0.383 e. The van der Waals surface area contributed by atoms with Crippen LogP contribution in [0.1, 0.15) is 10.5 Å². The number of carbonyl (C=O) groups excluding carboxylic acids is 1. The molecule has 0 fully saturated rings. The molecule has 0 atom stereocenters. The SMILES string of the molecule is Nc1nc2cc(-c3ccn[nH]3)ccc2c2nn(CCNC(=O)c3ccc(F)cn3)cc12. The molecular formula is C21H17FN8O. The number of benzene rings is 1. The topological polar surface area (TPSA) is 127 Å². The number of halogens is 1. The average Bonchev–Trinajstić information content (AvgIpc) is 3.44. The summed E-state index contributed by atoms with van der Waals surface area (Å²) in [6.45, 7) is 0.746. The molecule has 31 heavy (non-hydrogen) atoms.